The van der Waals surface area contributed by atoms with Crippen LogP contribution in [0.2, 0.25) is 0 Å². The molecule has 0 aromatic heterocycles. The van der Waals surface area contributed by atoms with Crippen LogP contribution in [-0.2, 0) is 4.75 Å². The van der Waals surface area contributed by atoms with Gasteiger partial charge in [0.15, 0.2) is 0 Å². The van der Waals surface area contributed by atoms with Crippen molar-refractivity contribution in [3.63, 3.8) is 0 Å². The Hall–Kier alpha value is -0.880. The quantitative estimate of drug-likeness (QED) is 0.822. The van der Waals surface area contributed by atoms with Gasteiger partial charge in [-0.05, 0) is 43.3 Å². The maximum atomic E-state index is 12.8. The van der Waals surface area contributed by atoms with E-state index in [1.165, 1.54) is 0 Å². The fourth-order valence-electron chi connectivity index (χ4n) is 2.83. The minimum atomic E-state index is -4.22. The summed E-state index contributed by atoms with van der Waals surface area (Å²) in [6, 6.07) is 5.65. The van der Waals surface area contributed by atoms with Gasteiger partial charge in [0.05, 0.1) is 10.9 Å². The molecule has 0 unspecified atom stereocenters. The first kappa shape index (κ1) is 12.2. The standard InChI is InChI=1S/C12H13F3N2S/c1-7-2-3-9-8(6-7)11(18-12(13,14)15)4-5-16-10(11)17-9/h2-3,6,10,16-17H,4-5H2,1H3/t10-,11-/m1/s1. The average Bonchev–Trinajstić information content (AvgIpc) is 2.72. The van der Waals surface area contributed by atoms with E-state index in [1.807, 2.05) is 25.1 Å². The zero-order chi connectivity index (χ0) is 13.0. The summed E-state index contributed by atoms with van der Waals surface area (Å²) in [5, 5.41) is 6.27. The Morgan fingerprint density at radius 2 is 2.17 bits per heavy atom. The van der Waals surface area contributed by atoms with E-state index in [1.54, 1.807) is 0 Å². The van der Waals surface area contributed by atoms with E-state index in [-0.39, 0.29) is 17.9 Å². The summed E-state index contributed by atoms with van der Waals surface area (Å²) in [5.41, 5.74) is -1.64. The van der Waals surface area contributed by atoms with Gasteiger partial charge in [-0.2, -0.15) is 13.2 Å². The number of thioether (sulfide) groups is 1. The molecule has 1 saturated heterocycles. The summed E-state index contributed by atoms with van der Waals surface area (Å²) in [7, 11) is 0. The van der Waals surface area contributed by atoms with Crippen LogP contribution >= 0.6 is 11.8 Å². The molecule has 98 valence electrons. The molecule has 18 heavy (non-hydrogen) atoms. The molecule has 0 bridgehead atoms. The molecule has 2 N–H and O–H groups in total. The molecule has 1 aromatic rings. The Kier molecular flexibility index (Phi) is 2.57. The Morgan fingerprint density at radius 3 is 2.89 bits per heavy atom. The van der Waals surface area contributed by atoms with Crippen molar-refractivity contribution in [3.8, 4) is 0 Å². The van der Waals surface area contributed by atoms with Crippen LogP contribution in [0, 0.1) is 6.92 Å². The fraction of sp³-hybridized carbons (Fsp3) is 0.500. The summed E-state index contributed by atoms with van der Waals surface area (Å²) < 4.78 is 37.6. The average molecular weight is 274 g/mol. The molecule has 2 nitrogen and oxygen atoms in total. The van der Waals surface area contributed by atoms with Crippen molar-refractivity contribution in [1.29, 1.82) is 0 Å². The van der Waals surface area contributed by atoms with Crippen molar-refractivity contribution >= 4 is 17.4 Å². The van der Waals surface area contributed by atoms with Gasteiger partial charge in [-0.15, -0.1) is 0 Å². The van der Waals surface area contributed by atoms with Gasteiger partial charge < -0.3 is 5.32 Å². The number of alkyl halides is 3. The monoisotopic (exact) mass is 274 g/mol. The number of hydrogen-bond acceptors (Lipinski definition) is 3. The van der Waals surface area contributed by atoms with Crippen molar-refractivity contribution in [3.05, 3.63) is 29.3 Å². The lowest BCUT2D eigenvalue weighted by atomic mass is 9.96. The molecule has 2 aliphatic rings. The van der Waals surface area contributed by atoms with E-state index in [9.17, 15) is 13.2 Å². The third-order valence-electron chi connectivity index (χ3n) is 3.54. The third kappa shape index (κ3) is 1.78. The molecular formula is C12H13F3N2S. The van der Waals surface area contributed by atoms with Crippen molar-refractivity contribution < 1.29 is 13.2 Å². The van der Waals surface area contributed by atoms with E-state index >= 15 is 0 Å². The highest BCUT2D eigenvalue weighted by Crippen LogP contribution is 2.57. The summed E-state index contributed by atoms with van der Waals surface area (Å²) in [6.45, 7) is 2.51. The molecule has 2 aliphatic heterocycles. The van der Waals surface area contributed by atoms with Gasteiger partial charge in [0, 0.05) is 5.69 Å². The molecule has 0 radical (unpaired) electrons. The van der Waals surface area contributed by atoms with Gasteiger partial charge in [0.2, 0.25) is 0 Å². The van der Waals surface area contributed by atoms with Gasteiger partial charge in [-0.1, -0.05) is 17.7 Å². The molecule has 1 fully saturated rings. The molecule has 0 spiro atoms. The number of anilines is 1. The largest absolute Gasteiger partial charge is 0.442 e. The van der Waals surface area contributed by atoms with Gasteiger partial charge in [0.25, 0.3) is 0 Å². The van der Waals surface area contributed by atoms with E-state index in [4.69, 9.17) is 0 Å². The first-order chi connectivity index (χ1) is 8.41. The van der Waals surface area contributed by atoms with Crippen molar-refractivity contribution in [2.75, 3.05) is 11.9 Å². The van der Waals surface area contributed by atoms with Crippen molar-refractivity contribution in [2.24, 2.45) is 0 Å². The number of hydrogen-bond donors (Lipinski definition) is 2. The lowest BCUT2D eigenvalue weighted by Crippen LogP contribution is -2.39. The second kappa shape index (κ2) is 3.81. The number of halogens is 3. The zero-order valence-corrected chi connectivity index (χ0v) is 10.6. The molecule has 2 heterocycles. The molecule has 6 heteroatoms. The number of nitrogens with one attached hydrogen (secondary N) is 2. The van der Waals surface area contributed by atoms with Gasteiger partial charge >= 0.3 is 5.51 Å². The van der Waals surface area contributed by atoms with Crippen molar-refractivity contribution in [1.82, 2.24) is 5.32 Å². The Bertz CT molecular complexity index is 489. The number of benzene rings is 1. The predicted molar refractivity (Wildman–Crippen MR) is 66.5 cm³/mol. The van der Waals surface area contributed by atoms with Crippen LogP contribution in [0.3, 0.4) is 0 Å². The Balaban J connectivity index is 2.08. The number of rotatable bonds is 1. The minimum absolute atomic E-state index is 0.109. The van der Waals surface area contributed by atoms with Crippen LogP contribution in [0.25, 0.3) is 0 Å². The normalized spacial score (nSPS) is 29.9. The maximum Gasteiger partial charge on any atom is 0.442 e. The van der Waals surface area contributed by atoms with Crippen LogP contribution in [0.1, 0.15) is 17.5 Å². The highest BCUT2D eigenvalue weighted by atomic mass is 32.2. The van der Waals surface area contributed by atoms with E-state index < -0.39 is 10.3 Å². The summed E-state index contributed by atoms with van der Waals surface area (Å²) in [5.74, 6) is 0. The fourth-order valence-corrected chi connectivity index (χ4v) is 3.99. The molecule has 0 aliphatic carbocycles. The van der Waals surface area contributed by atoms with Crippen LogP contribution in [-0.4, -0.2) is 18.2 Å². The second-order valence-electron chi connectivity index (χ2n) is 4.77. The molecule has 0 amide bonds. The molecule has 1 aromatic carbocycles. The van der Waals surface area contributed by atoms with E-state index in [0.29, 0.717) is 13.0 Å². The summed E-state index contributed by atoms with van der Waals surface area (Å²) >= 11 is 0.109. The van der Waals surface area contributed by atoms with Crippen molar-refractivity contribution in [2.45, 2.75) is 29.8 Å². The first-order valence-corrected chi connectivity index (χ1v) is 6.60. The van der Waals surface area contributed by atoms with Crippen LogP contribution < -0.4 is 10.6 Å². The summed E-state index contributed by atoms with van der Waals surface area (Å²) in [4.78, 5) is 0. The Morgan fingerprint density at radius 1 is 1.39 bits per heavy atom. The Labute approximate surface area is 107 Å². The van der Waals surface area contributed by atoms with Crippen LogP contribution in [0.4, 0.5) is 18.9 Å². The topological polar surface area (TPSA) is 24.1 Å². The smallest absolute Gasteiger partial charge is 0.368 e. The maximum absolute atomic E-state index is 12.8. The number of aryl methyl sites for hydroxylation is 1. The lowest BCUT2D eigenvalue weighted by molar-refractivity contribution is -0.0344. The highest BCUT2D eigenvalue weighted by Gasteiger charge is 2.56. The predicted octanol–water partition coefficient (Wildman–Crippen LogP) is 3.19. The van der Waals surface area contributed by atoms with E-state index in [0.717, 1.165) is 16.8 Å². The molecule has 0 saturated carbocycles. The van der Waals surface area contributed by atoms with Gasteiger partial charge in [0.1, 0.15) is 0 Å². The second-order valence-corrected chi connectivity index (χ2v) is 6.16. The highest BCUT2D eigenvalue weighted by molar-refractivity contribution is 8.01. The lowest BCUT2D eigenvalue weighted by Gasteiger charge is -2.29. The van der Waals surface area contributed by atoms with Gasteiger partial charge in [-0.3, -0.25) is 5.32 Å². The van der Waals surface area contributed by atoms with Crippen LogP contribution in [0.5, 0.6) is 0 Å². The minimum Gasteiger partial charge on any atom is -0.368 e. The SMILES string of the molecule is Cc1ccc2c(c1)[C@]1(SC(F)(F)F)CCN[C@@H]1N2. The first-order valence-electron chi connectivity index (χ1n) is 5.79. The van der Waals surface area contributed by atoms with Gasteiger partial charge in [-0.25, -0.2) is 0 Å². The molecular weight excluding hydrogens is 261 g/mol. The molecule has 2 atom stereocenters. The van der Waals surface area contributed by atoms with E-state index in [2.05, 4.69) is 10.6 Å². The zero-order valence-electron chi connectivity index (χ0n) is 9.77. The van der Waals surface area contributed by atoms with Crippen LogP contribution in [0.15, 0.2) is 18.2 Å². The summed E-state index contributed by atoms with van der Waals surface area (Å²) in [6.07, 6.45) is 0.159. The number of fused-ring (bicyclic) bond motifs is 3. The molecule has 3 rings (SSSR count). The third-order valence-corrected chi connectivity index (χ3v) is 4.80.